The predicted octanol–water partition coefficient (Wildman–Crippen LogP) is 2.94. The predicted molar refractivity (Wildman–Crippen MR) is 103 cm³/mol. The van der Waals surface area contributed by atoms with E-state index in [-0.39, 0.29) is 17.7 Å². The average molecular weight is 369 g/mol. The van der Waals surface area contributed by atoms with Gasteiger partial charge >= 0.3 is 0 Å². The molecule has 1 aromatic carbocycles. The van der Waals surface area contributed by atoms with Crippen LogP contribution in [0.2, 0.25) is 0 Å². The maximum absolute atomic E-state index is 12.6. The van der Waals surface area contributed by atoms with Gasteiger partial charge in [-0.15, -0.1) is 0 Å². The molecule has 0 unspecified atom stereocenters. The third-order valence-electron chi connectivity index (χ3n) is 5.09. The Bertz CT molecular complexity index is 816. The van der Waals surface area contributed by atoms with Crippen molar-refractivity contribution in [3.8, 4) is 0 Å². The zero-order chi connectivity index (χ0) is 19.6. The number of piperidine rings is 1. The van der Waals surface area contributed by atoms with Gasteiger partial charge in [0.25, 0.3) is 5.91 Å². The fourth-order valence-corrected chi connectivity index (χ4v) is 3.37. The van der Waals surface area contributed by atoms with E-state index in [4.69, 9.17) is 4.42 Å². The molecule has 0 atom stereocenters. The summed E-state index contributed by atoms with van der Waals surface area (Å²) < 4.78 is 5.77. The third-order valence-corrected chi connectivity index (χ3v) is 5.09. The van der Waals surface area contributed by atoms with Crippen LogP contribution in [0.3, 0.4) is 0 Å². The van der Waals surface area contributed by atoms with Gasteiger partial charge in [-0.2, -0.15) is 0 Å². The summed E-state index contributed by atoms with van der Waals surface area (Å²) in [7, 11) is 3.41. The molecule has 2 aromatic rings. The molecule has 1 aliphatic rings. The van der Waals surface area contributed by atoms with E-state index in [1.165, 1.54) is 10.5 Å². The lowest BCUT2D eigenvalue weighted by Crippen LogP contribution is -2.38. The van der Waals surface area contributed by atoms with Gasteiger partial charge in [0.15, 0.2) is 11.6 Å². The number of nitrogens with zero attached hydrogens (tertiary/aromatic N) is 3. The van der Waals surface area contributed by atoms with Crippen LogP contribution in [0.5, 0.6) is 0 Å². The van der Waals surface area contributed by atoms with Crippen LogP contribution < -0.4 is 0 Å². The van der Waals surface area contributed by atoms with Crippen LogP contribution >= 0.6 is 0 Å². The minimum atomic E-state index is -0.145. The molecule has 144 valence electrons. The van der Waals surface area contributed by atoms with Gasteiger partial charge in [0.05, 0.1) is 6.42 Å². The second-order valence-electron chi connectivity index (χ2n) is 7.47. The highest BCUT2D eigenvalue weighted by atomic mass is 16.4. The van der Waals surface area contributed by atoms with Crippen LogP contribution in [0.4, 0.5) is 0 Å². The van der Waals surface area contributed by atoms with Gasteiger partial charge in [-0.05, 0) is 32.3 Å². The average Bonchev–Trinajstić information content (AvgIpc) is 3.04. The molecule has 0 N–H and O–H groups in total. The number of oxazole rings is 1. The summed E-state index contributed by atoms with van der Waals surface area (Å²) in [6.45, 7) is 5.19. The van der Waals surface area contributed by atoms with Gasteiger partial charge < -0.3 is 14.2 Å². The van der Waals surface area contributed by atoms with Crippen molar-refractivity contribution in [2.45, 2.75) is 39.0 Å². The lowest BCUT2D eigenvalue weighted by Gasteiger charge is -2.30. The van der Waals surface area contributed by atoms with Crippen LogP contribution in [0, 0.1) is 13.8 Å². The first-order valence-corrected chi connectivity index (χ1v) is 9.37. The van der Waals surface area contributed by atoms with Crippen molar-refractivity contribution in [2.75, 3.05) is 27.2 Å². The summed E-state index contributed by atoms with van der Waals surface area (Å²) in [5.74, 6) is 1.33. The number of hydrogen-bond acceptors (Lipinski definition) is 4. The van der Waals surface area contributed by atoms with E-state index in [0.29, 0.717) is 36.9 Å². The Labute approximate surface area is 160 Å². The number of benzene rings is 1. The quantitative estimate of drug-likeness (QED) is 0.831. The normalized spacial score (nSPS) is 15.0. The van der Waals surface area contributed by atoms with Gasteiger partial charge in [-0.25, -0.2) is 4.98 Å². The first-order chi connectivity index (χ1) is 12.8. The summed E-state index contributed by atoms with van der Waals surface area (Å²) >= 11 is 0. The minimum absolute atomic E-state index is 0.145. The van der Waals surface area contributed by atoms with E-state index < -0.39 is 0 Å². The van der Waals surface area contributed by atoms with E-state index in [0.717, 1.165) is 18.4 Å². The first kappa shape index (κ1) is 19.1. The molecule has 1 fully saturated rings. The number of carbonyl (C=O) groups excluding carboxylic acids is 2. The molecule has 6 nitrogen and oxygen atoms in total. The fourth-order valence-electron chi connectivity index (χ4n) is 3.37. The largest absolute Gasteiger partial charge is 0.445 e. The van der Waals surface area contributed by atoms with Crippen molar-refractivity contribution in [2.24, 2.45) is 0 Å². The molecule has 27 heavy (non-hydrogen) atoms. The van der Waals surface area contributed by atoms with Crippen molar-refractivity contribution < 1.29 is 14.0 Å². The fraction of sp³-hybridized carbons (Fsp3) is 0.476. The number of aryl methyl sites for hydroxylation is 2. The lowest BCUT2D eigenvalue weighted by molar-refractivity contribution is -0.131. The van der Waals surface area contributed by atoms with Crippen LogP contribution in [-0.2, 0) is 11.2 Å². The van der Waals surface area contributed by atoms with Crippen molar-refractivity contribution in [1.82, 2.24) is 14.8 Å². The highest BCUT2D eigenvalue weighted by Crippen LogP contribution is 2.29. The summed E-state index contributed by atoms with van der Waals surface area (Å²) in [5, 5.41) is 0. The van der Waals surface area contributed by atoms with Gasteiger partial charge in [0, 0.05) is 33.1 Å². The zero-order valence-corrected chi connectivity index (χ0v) is 16.5. The van der Waals surface area contributed by atoms with E-state index >= 15 is 0 Å². The molecule has 2 amide bonds. The SMILES string of the molecule is Cc1ccc(CC(=O)N2CCC(c3nc(C(=O)N(C)C)c(C)o3)CC2)cc1. The first-order valence-electron chi connectivity index (χ1n) is 9.37. The molecule has 0 aliphatic carbocycles. The summed E-state index contributed by atoms with van der Waals surface area (Å²) in [5.41, 5.74) is 2.62. The van der Waals surface area contributed by atoms with Crippen LogP contribution in [0.25, 0.3) is 0 Å². The Morgan fingerprint density at radius 3 is 2.37 bits per heavy atom. The molecule has 2 heterocycles. The molecule has 3 rings (SSSR count). The number of likely N-dealkylation sites (tertiary alicyclic amines) is 1. The molecule has 6 heteroatoms. The Kier molecular flexibility index (Phi) is 5.63. The molecule has 0 spiro atoms. The van der Waals surface area contributed by atoms with E-state index in [1.54, 1.807) is 21.0 Å². The Balaban J connectivity index is 1.58. The second-order valence-corrected chi connectivity index (χ2v) is 7.47. The third kappa shape index (κ3) is 4.38. The van der Waals surface area contributed by atoms with E-state index in [1.807, 2.05) is 36.1 Å². The summed E-state index contributed by atoms with van der Waals surface area (Å²) in [4.78, 5) is 32.6. The molecule has 0 bridgehead atoms. The van der Waals surface area contributed by atoms with E-state index in [9.17, 15) is 9.59 Å². The lowest BCUT2D eigenvalue weighted by atomic mass is 9.96. The number of amides is 2. The summed E-state index contributed by atoms with van der Waals surface area (Å²) in [6, 6.07) is 8.09. The second kappa shape index (κ2) is 7.94. The molecule has 0 saturated carbocycles. The number of aromatic nitrogens is 1. The Morgan fingerprint density at radius 1 is 1.15 bits per heavy atom. The van der Waals surface area contributed by atoms with E-state index in [2.05, 4.69) is 4.98 Å². The molecule has 1 saturated heterocycles. The highest BCUT2D eigenvalue weighted by molar-refractivity contribution is 5.92. The smallest absolute Gasteiger partial charge is 0.275 e. The van der Waals surface area contributed by atoms with Gasteiger partial charge in [-0.1, -0.05) is 29.8 Å². The molecular weight excluding hydrogens is 342 g/mol. The van der Waals surface area contributed by atoms with Crippen molar-refractivity contribution in [3.63, 3.8) is 0 Å². The van der Waals surface area contributed by atoms with Gasteiger partial charge in [0.1, 0.15) is 5.76 Å². The zero-order valence-electron chi connectivity index (χ0n) is 16.5. The summed E-state index contributed by atoms with van der Waals surface area (Å²) in [6.07, 6.45) is 2.04. The Hall–Kier alpha value is -2.63. The topological polar surface area (TPSA) is 66.7 Å². The molecular formula is C21H27N3O3. The minimum Gasteiger partial charge on any atom is -0.445 e. The van der Waals surface area contributed by atoms with Gasteiger partial charge in [0.2, 0.25) is 5.91 Å². The molecule has 1 aliphatic heterocycles. The molecule has 1 aromatic heterocycles. The number of rotatable bonds is 4. The number of hydrogen-bond donors (Lipinski definition) is 0. The Morgan fingerprint density at radius 2 is 1.78 bits per heavy atom. The monoisotopic (exact) mass is 369 g/mol. The van der Waals surface area contributed by atoms with Crippen LogP contribution in [-0.4, -0.2) is 53.8 Å². The maximum atomic E-state index is 12.6. The molecule has 0 radical (unpaired) electrons. The number of carbonyl (C=O) groups is 2. The van der Waals surface area contributed by atoms with Crippen molar-refractivity contribution in [3.05, 3.63) is 52.7 Å². The standard InChI is InChI=1S/C21H27N3O3/c1-14-5-7-16(8-6-14)13-18(25)24-11-9-17(10-12-24)20-22-19(15(2)27-20)21(26)23(3)4/h5-8,17H,9-13H2,1-4H3. The van der Waals surface area contributed by atoms with Crippen molar-refractivity contribution in [1.29, 1.82) is 0 Å². The maximum Gasteiger partial charge on any atom is 0.275 e. The van der Waals surface area contributed by atoms with Crippen molar-refractivity contribution >= 4 is 11.8 Å². The van der Waals surface area contributed by atoms with Crippen LogP contribution in [0.1, 0.15) is 52.0 Å². The van der Waals surface area contributed by atoms with Crippen LogP contribution in [0.15, 0.2) is 28.7 Å². The highest BCUT2D eigenvalue weighted by Gasteiger charge is 2.29. The van der Waals surface area contributed by atoms with Gasteiger partial charge in [-0.3, -0.25) is 9.59 Å².